The number of aromatic amines is 1. The second kappa shape index (κ2) is 7.90. The number of piperidine rings is 1. The second-order valence-corrected chi connectivity index (χ2v) is 7.87. The molecule has 0 spiro atoms. The number of methoxy groups -OCH3 is 1. The molecular formula is C22H24N4O5. The van der Waals surface area contributed by atoms with Gasteiger partial charge in [0, 0.05) is 26.3 Å². The van der Waals surface area contributed by atoms with Crippen LogP contribution in [0.25, 0.3) is 16.7 Å². The lowest BCUT2D eigenvalue weighted by Gasteiger charge is -2.30. The van der Waals surface area contributed by atoms with Gasteiger partial charge in [-0.05, 0) is 31.9 Å². The summed E-state index contributed by atoms with van der Waals surface area (Å²) in [5.41, 5.74) is 1.10. The predicted octanol–water partition coefficient (Wildman–Crippen LogP) is 1.35. The first-order valence-corrected chi connectivity index (χ1v) is 10.1. The minimum atomic E-state index is -0.606. The van der Waals surface area contributed by atoms with E-state index in [1.807, 2.05) is 19.1 Å². The normalized spacial score (nSPS) is 14.7. The molecule has 0 bridgehead atoms. The van der Waals surface area contributed by atoms with E-state index < -0.39 is 11.2 Å². The minimum Gasteiger partial charge on any atom is -0.469 e. The molecule has 3 aromatic rings. The Morgan fingerprint density at radius 1 is 1.10 bits per heavy atom. The molecule has 0 unspecified atom stereocenters. The molecule has 1 fully saturated rings. The van der Waals surface area contributed by atoms with Crippen LogP contribution in [0.4, 0.5) is 0 Å². The van der Waals surface area contributed by atoms with Gasteiger partial charge in [-0.1, -0.05) is 17.7 Å². The van der Waals surface area contributed by atoms with E-state index in [-0.39, 0.29) is 34.4 Å². The van der Waals surface area contributed by atoms with Gasteiger partial charge in [-0.3, -0.25) is 14.4 Å². The number of aromatic nitrogens is 3. The highest BCUT2D eigenvalue weighted by molar-refractivity contribution is 6.05. The average molecular weight is 424 g/mol. The van der Waals surface area contributed by atoms with Crippen molar-refractivity contribution in [3.8, 4) is 5.69 Å². The fraction of sp³-hybridized carbons (Fsp3) is 0.364. The molecule has 1 saturated heterocycles. The van der Waals surface area contributed by atoms with E-state index in [0.717, 1.165) is 10.1 Å². The highest BCUT2D eigenvalue weighted by Crippen LogP contribution is 2.23. The van der Waals surface area contributed by atoms with Gasteiger partial charge in [0.2, 0.25) is 0 Å². The first-order chi connectivity index (χ1) is 14.8. The minimum absolute atomic E-state index is 0.219. The molecule has 1 amide bonds. The summed E-state index contributed by atoms with van der Waals surface area (Å²) >= 11 is 0. The third-order valence-corrected chi connectivity index (χ3v) is 5.86. The number of nitrogens with one attached hydrogen (secondary N) is 1. The molecule has 0 atom stereocenters. The molecule has 2 aromatic heterocycles. The van der Waals surface area contributed by atoms with Crippen LogP contribution in [0.5, 0.6) is 0 Å². The predicted molar refractivity (Wildman–Crippen MR) is 115 cm³/mol. The topological polar surface area (TPSA) is 106 Å². The maximum Gasteiger partial charge on any atom is 0.333 e. The number of aryl methyl sites for hydroxylation is 2. The Morgan fingerprint density at radius 2 is 1.74 bits per heavy atom. The summed E-state index contributed by atoms with van der Waals surface area (Å²) in [6, 6.07) is 7.06. The number of benzene rings is 1. The van der Waals surface area contributed by atoms with Crippen molar-refractivity contribution < 1.29 is 14.3 Å². The van der Waals surface area contributed by atoms with E-state index in [9.17, 15) is 19.2 Å². The van der Waals surface area contributed by atoms with Crippen molar-refractivity contribution in [1.82, 2.24) is 19.0 Å². The maximum absolute atomic E-state index is 13.2. The number of carbonyl (C=O) groups is 2. The van der Waals surface area contributed by atoms with Crippen LogP contribution < -0.4 is 11.2 Å². The Labute approximate surface area is 177 Å². The van der Waals surface area contributed by atoms with Gasteiger partial charge < -0.3 is 19.2 Å². The molecule has 1 aromatic carbocycles. The number of carbonyl (C=O) groups excluding carboxylic acids is 2. The van der Waals surface area contributed by atoms with Gasteiger partial charge in [0.1, 0.15) is 5.52 Å². The first-order valence-electron chi connectivity index (χ1n) is 10.1. The Kier molecular flexibility index (Phi) is 5.26. The molecule has 1 aliphatic heterocycles. The highest BCUT2D eigenvalue weighted by Gasteiger charge is 2.30. The molecule has 31 heavy (non-hydrogen) atoms. The lowest BCUT2D eigenvalue weighted by molar-refractivity contribution is -0.146. The van der Waals surface area contributed by atoms with Crippen LogP contribution in [0.3, 0.4) is 0 Å². The van der Waals surface area contributed by atoms with Gasteiger partial charge in [-0.2, -0.15) is 0 Å². The monoisotopic (exact) mass is 424 g/mol. The Morgan fingerprint density at radius 3 is 2.35 bits per heavy atom. The fourth-order valence-electron chi connectivity index (χ4n) is 4.12. The second-order valence-electron chi connectivity index (χ2n) is 7.87. The molecule has 9 nitrogen and oxygen atoms in total. The number of ether oxygens (including phenoxy) is 1. The summed E-state index contributed by atoms with van der Waals surface area (Å²) in [5, 5.41) is 0. The van der Waals surface area contributed by atoms with E-state index >= 15 is 0 Å². The van der Waals surface area contributed by atoms with Gasteiger partial charge in [0.05, 0.1) is 29.8 Å². The molecule has 1 N–H and O–H groups in total. The van der Waals surface area contributed by atoms with E-state index in [2.05, 4.69) is 4.98 Å². The van der Waals surface area contributed by atoms with Crippen LogP contribution in [0.1, 0.15) is 28.8 Å². The number of rotatable bonds is 3. The van der Waals surface area contributed by atoms with Crippen LogP contribution in [-0.2, 0) is 16.6 Å². The largest absolute Gasteiger partial charge is 0.469 e. The summed E-state index contributed by atoms with van der Waals surface area (Å²) < 4.78 is 7.42. The van der Waals surface area contributed by atoms with Crippen molar-refractivity contribution >= 4 is 22.9 Å². The van der Waals surface area contributed by atoms with Crippen LogP contribution in [0.15, 0.2) is 40.1 Å². The van der Waals surface area contributed by atoms with Crippen LogP contribution in [0, 0.1) is 12.8 Å². The number of likely N-dealkylation sites (tertiary alicyclic amines) is 1. The Balaban J connectivity index is 1.72. The quantitative estimate of drug-likeness (QED) is 0.639. The van der Waals surface area contributed by atoms with Crippen LogP contribution in [0.2, 0.25) is 0 Å². The van der Waals surface area contributed by atoms with Crippen molar-refractivity contribution in [3.63, 3.8) is 0 Å². The summed E-state index contributed by atoms with van der Waals surface area (Å²) in [6.45, 7) is 2.72. The van der Waals surface area contributed by atoms with Crippen molar-refractivity contribution in [3.05, 3.63) is 62.4 Å². The first kappa shape index (κ1) is 20.6. The van der Waals surface area contributed by atoms with Gasteiger partial charge in [0.25, 0.3) is 11.5 Å². The standard InChI is InChI=1S/C22H24N4O5/c1-13-4-6-15(7-5-13)26-20(28)18-17(23-22(26)30)16(12-24(18)2)19(27)25-10-8-14(9-11-25)21(29)31-3/h4-7,12,14H,8-11H2,1-3H3,(H,23,30). The Hall–Kier alpha value is -3.62. The Bertz CT molecular complexity index is 1270. The maximum atomic E-state index is 13.2. The molecule has 4 rings (SSSR count). The van der Waals surface area contributed by atoms with Crippen molar-refractivity contribution in [2.24, 2.45) is 13.0 Å². The van der Waals surface area contributed by atoms with Gasteiger partial charge >= 0.3 is 11.7 Å². The zero-order valence-corrected chi connectivity index (χ0v) is 17.7. The van der Waals surface area contributed by atoms with Crippen LogP contribution in [-0.4, -0.2) is 51.1 Å². The fourth-order valence-corrected chi connectivity index (χ4v) is 4.12. The summed E-state index contributed by atoms with van der Waals surface area (Å²) in [5.74, 6) is -0.765. The van der Waals surface area contributed by atoms with E-state index in [1.54, 1.807) is 34.8 Å². The van der Waals surface area contributed by atoms with E-state index in [4.69, 9.17) is 4.74 Å². The van der Waals surface area contributed by atoms with Gasteiger partial charge in [0.15, 0.2) is 0 Å². The SMILES string of the molecule is COC(=O)C1CCN(C(=O)c2cn(C)c3c(=O)n(-c4ccc(C)cc4)c(=O)[nH]c23)CC1. The lowest BCUT2D eigenvalue weighted by Crippen LogP contribution is -2.40. The number of nitrogens with zero attached hydrogens (tertiary/aromatic N) is 3. The van der Waals surface area contributed by atoms with Gasteiger partial charge in [-0.15, -0.1) is 0 Å². The van der Waals surface area contributed by atoms with Crippen LogP contribution >= 0.6 is 0 Å². The highest BCUT2D eigenvalue weighted by atomic mass is 16.5. The third kappa shape index (κ3) is 3.56. The number of esters is 1. The summed E-state index contributed by atoms with van der Waals surface area (Å²) in [7, 11) is 3.03. The molecule has 0 aliphatic carbocycles. The number of fused-ring (bicyclic) bond motifs is 1. The van der Waals surface area contributed by atoms with Crippen molar-refractivity contribution in [2.75, 3.05) is 20.2 Å². The molecule has 9 heteroatoms. The van der Waals surface area contributed by atoms with Gasteiger partial charge in [-0.25, -0.2) is 9.36 Å². The molecule has 0 radical (unpaired) electrons. The van der Waals surface area contributed by atoms with Crippen molar-refractivity contribution in [2.45, 2.75) is 19.8 Å². The lowest BCUT2D eigenvalue weighted by atomic mass is 9.96. The molecule has 0 saturated carbocycles. The smallest absolute Gasteiger partial charge is 0.333 e. The van der Waals surface area contributed by atoms with E-state index in [1.165, 1.54) is 7.11 Å². The number of hydrogen-bond donors (Lipinski definition) is 1. The molecule has 1 aliphatic rings. The zero-order valence-electron chi connectivity index (χ0n) is 17.7. The van der Waals surface area contributed by atoms with Crippen molar-refractivity contribution in [1.29, 1.82) is 0 Å². The summed E-state index contributed by atoms with van der Waals surface area (Å²) in [4.78, 5) is 55.2. The average Bonchev–Trinajstić information content (AvgIpc) is 3.10. The zero-order chi connectivity index (χ0) is 22.3. The van der Waals surface area contributed by atoms with E-state index in [0.29, 0.717) is 31.6 Å². The number of H-pyrrole nitrogens is 1. The number of amides is 1. The molecule has 3 heterocycles. The number of hydrogen-bond acceptors (Lipinski definition) is 5. The third-order valence-electron chi connectivity index (χ3n) is 5.86. The molecule has 162 valence electrons. The summed E-state index contributed by atoms with van der Waals surface area (Å²) in [6.07, 6.45) is 2.59. The molecular weight excluding hydrogens is 400 g/mol.